The van der Waals surface area contributed by atoms with Crippen molar-refractivity contribution in [3.8, 4) is 0 Å². The lowest BCUT2D eigenvalue weighted by Crippen LogP contribution is -2.34. The molecule has 3 heteroatoms. The van der Waals surface area contributed by atoms with Gasteiger partial charge in [0.05, 0.1) is 11.7 Å². The van der Waals surface area contributed by atoms with Crippen molar-refractivity contribution in [1.82, 2.24) is 15.1 Å². The molecule has 2 rings (SSSR count). The second-order valence-electron chi connectivity index (χ2n) is 7.41. The van der Waals surface area contributed by atoms with E-state index in [9.17, 15) is 0 Å². The molecule has 1 fully saturated rings. The lowest BCUT2D eigenvalue weighted by Gasteiger charge is -2.38. The van der Waals surface area contributed by atoms with E-state index in [4.69, 9.17) is 0 Å². The lowest BCUT2D eigenvalue weighted by atomic mass is 9.70. The van der Waals surface area contributed by atoms with Crippen LogP contribution in [0.1, 0.15) is 78.0 Å². The fourth-order valence-electron chi connectivity index (χ4n) is 3.57. The van der Waals surface area contributed by atoms with Crippen LogP contribution < -0.4 is 5.32 Å². The van der Waals surface area contributed by atoms with Gasteiger partial charge in [-0.2, -0.15) is 5.10 Å². The second-order valence-corrected chi connectivity index (χ2v) is 7.41. The van der Waals surface area contributed by atoms with Crippen LogP contribution >= 0.6 is 0 Å². The van der Waals surface area contributed by atoms with Crippen LogP contribution in [0.3, 0.4) is 0 Å². The summed E-state index contributed by atoms with van der Waals surface area (Å²) in [6, 6.07) is 2.71. The first-order valence-corrected chi connectivity index (χ1v) is 8.82. The van der Waals surface area contributed by atoms with Crippen LogP contribution in [0.4, 0.5) is 0 Å². The zero-order chi connectivity index (χ0) is 15.3. The number of aromatic nitrogens is 2. The van der Waals surface area contributed by atoms with Crippen molar-refractivity contribution >= 4 is 0 Å². The Morgan fingerprint density at radius 1 is 1.29 bits per heavy atom. The van der Waals surface area contributed by atoms with Gasteiger partial charge in [-0.25, -0.2) is 0 Å². The van der Waals surface area contributed by atoms with Gasteiger partial charge < -0.3 is 5.32 Å². The minimum Gasteiger partial charge on any atom is -0.308 e. The molecule has 1 N–H and O–H groups in total. The molecule has 0 aromatic carbocycles. The number of rotatable bonds is 7. The third kappa shape index (κ3) is 4.32. The highest BCUT2D eigenvalue weighted by Crippen LogP contribution is 2.42. The molecule has 120 valence electrons. The van der Waals surface area contributed by atoms with E-state index in [1.807, 2.05) is 6.20 Å². The molecule has 1 aliphatic carbocycles. The monoisotopic (exact) mass is 291 g/mol. The summed E-state index contributed by atoms with van der Waals surface area (Å²) < 4.78 is 2.22. The molecule has 1 aromatic heterocycles. The Kier molecular flexibility index (Phi) is 5.86. The minimum atomic E-state index is 0.482. The van der Waals surface area contributed by atoms with Gasteiger partial charge in [-0.1, -0.05) is 27.7 Å². The highest BCUT2D eigenvalue weighted by molar-refractivity contribution is 5.09. The molecule has 1 aromatic rings. The first-order chi connectivity index (χ1) is 10.1. The Morgan fingerprint density at radius 2 is 2.00 bits per heavy atom. The average Bonchev–Trinajstić information content (AvgIpc) is 2.89. The fourth-order valence-corrected chi connectivity index (χ4v) is 3.57. The van der Waals surface area contributed by atoms with Gasteiger partial charge in [0.1, 0.15) is 0 Å². The minimum absolute atomic E-state index is 0.482. The van der Waals surface area contributed by atoms with Gasteiger partial charge in [0, 0.05) is 12.7 Å². The first kappa shape index (κ1) is 16.5. The number of nitrogens with zero attached hydrogens (tertiary/aromatic N) is 2. The van der Waals surface area contributed by atoms with Crippen molar-refractivity contribution in [3.63, 3.8) is 0 Å². The van der Waals surface area contributed by atoms with E-state index < -0.39 is 0 Å². The molecule has 3 nitrogen and oxygen atoms in total. The summed E-state index contributed by atoms with van der Waals surface area (Å²) in [6.45, 7) is 11.4. The van der Waals surface area contributed by atoms with Gasteiger partial charge in [-0.05, 0) is 62.5 Å². The number of nitrogens with one attached hydrogen (secondary N) is 1. The van der Waals surface area contributed by atoms with Crippen molar-refractivity contribution in [2.24, 2.45) is 11.3 Å². The normalized spacial score (nSPS) is 20.6. The molecule has 1 aliphatic rings. The maximum Gasteiger partial charge on any atom is 0.0556 e. The number of aryl methyl sites for hydroxylation is 1. The summed E-state index contributed by atoms with van der Waals surface area (Å²) in [4.78, 5) is 0. The third-order valence-electron chi connectivity index (χ3n) is 4.97. The maximum absolute atomic E-state index is 4.54. The molecule has 0 radical (unpaired) electrons. The largest absolute Gasteiger partial charge is 0.308 e. The van der Waals surface area contributed by atoms with Gasteiger partial charge in [0.15, 0.2) is 0 Å². The Bertz CT molecular complexity index is 412. The van der Waals surface area contributed by atoms with E-state index in [1.165, 1.54) is 37.8 Å². The molecule has 0 spiro atoms. The summed E-state index contributed by atoms with van der Waals surface area (Å²) >= 11 is 0. The smallest absolute Gasteiger partial charge is 0.0556 e. The maximum atomic E-state index is 4.54. The molecule has 1 heterocycles. The molecule has 1 atom stereocenters. The summed E-state index contributed by atoms with van der Waals surface area (Å²) in [7, 11) is 0. The highest BCUT2D eigenvalue weighted by Gasteiger charge is 2.33. The lowest BCUT2D eigenvalue weighted by molar-refractivity contribution is 0.158. The summed E-state index contributed by atoms with van der Waals surface area (Å²) in [5, 5.41) is 8.34. The topological polar surface area (TPSA) is 29.9 Å². The van der Waals surface area contributed by atoms with E-state index in [0.717, 1.165) is 25.4 Å². The molecule has 21 heavy (non-hydrogen) atoms. The van der Waals surface area contributed by atoms with Crippen LogP contribution in [0.15, 0.2) is 12.3 Å². The fraction of sp³-hybridized carbons (Fsp3) is 0.833. The standard InChI is InChI=1S/C18H33N3/c1-5-12-19-17(15-7-10-18(3,4)11-8-15)16-9-13-20-21(16)14-6-2/h9,13,15,17,19H,5-8,10-12,14H2,1-4H3. The Labute approximate surface area is 130 Å². The van der Waals surface area contributed by atoms with Crippen LogP contribution in [0, 0.1) is 11.3 Å². The molecule has 0 aliphatic heterocycles. The molecule has 0 amide bonds. The van der Waals surface area contributed by atoms with Crippen molar-refractivity contribution in [2.75, 3.05) is 6.54 Å². The van der Waals surface area contributed by atoms with Gasteiger partial charge in [0.2, 0.25) is 0 Å². The molecular weight excluding hydrogens is 258 g/mol. The van der Waals surface area contributed by atoms with Crippen molar-refractivity contribution in [1.29, 1.82) is 0 Å². The van der Waals surface area contributed by atoms with Crippen LogP contribution in [-0.2, 0) is 6.54 Å². The van der Waals surface area contributed by atoms with E-state index in [-0.39, 0.29) is 0 Å². The number of hydrogen-bond donors (Lipinski definition) is 1. The van der Waals surface area contributed by atoms with Crippen molar-refractivity contribution in [2.45, 2.75) is 78.8 Å². The van der Waals surface area contributed by atoms with Crippen LogP contribution in [-0.4, -0.2) is 16.3 Å². The van der Waals surface area contributed by atoms with Crippen molar-refractivity contribution in [3.05, 3.63) is 18.0 Å². The average molecular weight is 291 g/mol. The summed E-state index contributed by atoms with van der Waals surface area (Å²) in [6.07, 6.45) is 9.69. The first-order valence-electron chi connectivity index (χ1n) is 8.82. The zero-order valence-corrected chi connectivity index (χ0v) is 14.4. The highest BCUT2D eigenvalue weighted by atomic mass is 15.3. The van der Waals surface area contributed by atoms with Gasteiger partial charge in [0.25, 0.3) is 0 Å². The van der Waals surface area contributed by atoms with Crippen molar-refractivity contribution < 1.29 is 0 Å². The van der Waals surface area contributed by atoms with E-state index in [1.54, 1.807) is 0 Å². The number of hydrogen-bond acceptors (Lipinski definition) is 2. The second kappa shape index (κ2) is 7.44. The van der Waals surface area contributed by atoms with E-state index >= 15 is 0 Å². The van der Waals surface area contributed by atoms with Gasteiger partial charge in [-0.15, -0.1) is 0 Å². The zero-order valence-electron chi connectivity index (χ0n) is 14.4. The SMILES string of the molecule is CCCNC(c1ccnn1CCC)C1CCC(C)(C)CC1. The molecule has 1 saturated carbocycles. The summed E-state index contributed by atoms with van der Waals surface area (Å²) in [5.41, 5.74) is 1.94. The molecule has 1 unspecified atom stereocenters. The van der Waals surface area contributed by atoms with Gasteiger partial charge in [-0.3, -0.25) is 4.68 Å². The van der Waals surface area contributed by atoms with Crippen LogP contribution in [0.25, 0.3) is 0 Å². The van der Waals surface area contributed by atoms with Crippen LogP contribution in [0.2, 0.25) is 0 Å². The molecule has 0 bridgehead atoms. The predicted molar refractivity (Wildman–Crippen MR) is 89.3 cm³/mol. The predicted octanol–water partition coefficient (Wildman–Crippen LogP) is 4.55. The van der Waals surface area contributed by atoms with E-state index in [2.05, 4.69) is 48.9 Å². The Balaban J connectivity index is 2.12. The Hall–Kier alpha value is -0.830. The Morgan fingerprint density at radius 3 is 2.62 bits per heavy atom. The molecular formula is C18H33N3. The molecule has 0 saturated heterocycles. The summed E-state index contributed by atoms with van der Waals surface area (Å²) in [5.74, 6) is 0.761. The van der Waals surface area contributed by atoms with E-state index in [0.29, 0.717) is 11.5 Å². The van der Waals surface area contributed by atoms with Gasteiger partial charge >= 0.3 is 0 Å². The third-order valence-corrected chi connectivity index (χ3v) is 4.97. The van der Waals surface area contributed by atoms with Crippen LogP contribution in [0.5, 0.6) is 0 Å². The quantitative estimate of drug-likeness (QED) is 0.798.